The van der Waals surface area contributed by atoms with Crippen LogP contribution in [0.25, 0.3) is 0 Å². The molecule has 1 saturated heterocycles. The minimum absolute atomic E-state index is 0. The molecule has 3 rings (SSSR count). The van der Waals surface area contributed by atoms with Crippen LogP contribution in [0.2, 0.25) is 0 Å². The molecule has 1 N–H and O–H groups in total. The lowest BCUT2D eigenvalue weighted by Crippen LogP contribution is -2.47. The second-order valence-electron chi connectivity index (χ2n) is 6.40. The molecule has 0 spiro atoms. The number of likely N-dealkylation sites (tertiary alicyclic amines) is 1. The van der Waals surface area contributed by atoms with Crippen LogP contribution in [-0.4, -0.2) is 42.0 Å². The molecule has 0 aromatic heterocycles. The highest BCUT2D eigenvalue weighted by Crippen LogP contribution is 2.20. The van der Waals surface area contributed by atoms with E-state index in [-0.39, 0.29) is 40.7 Å². The van der Waals surface area contributed by atoms with E-state index in [0.29, 0.717) is 12.1 Å². The number of nitro groups is 1. The molecule has 150 valence electrons. The second-order valence-corrected chi connectivity index (χ2v) is 6.40. The van der Waals surface area contributed by atoms with Crippen molar-refractivity contribution in [1.29, 1.82) is 0 Å². The Morgan fingerprint density at radius 1 is 1.18 bits per heavy atom. The lowest BCUT2D eigenvalue weighted by molar-refractivity contribution is -0.385. The van der Waals surface area contributed by atoms with Crippen molar-refractivity contribution in [1.82, 2.24) is 10.2 Å². The van der Waals surface area contributed by atoms with Gasteiger partial charge in [-0.2, -0.15) is 0 Å². The molecule has 0 saturated carbocycles. The molecule has 1 aliphatic rings. The number of hydrogen-bond acceptors (Lipinski definition) is 4. The highest BCUT2D eigenvalue weighted by molar-refractivity contribution is 14.0. The van der Waals surface area contributed by atoms with E-state index in [0.717, 1.165) is 37.6 Å². The van der Waals surface area contributed by atoms with Gasteiger partial charge in [-0.05, 0) is 12.1 Å². The van der Waals surface area contributed by atoms with E-state index in [4.69, 9.17) is 4.74 Å². The lowest BCUT2D eigenvalue weighted by Gasteiger charge is -2.34. The van der Waals surface area contributed by atoms with Gasteiger partial charge in [-0.15, -0.1) is 24.0 Å². The van der Waals surface area contributed by atoms with Gasteiger partial charge in [-0.25, -0.2) is 0 Å². The van der Waals surface area contributed by atoms with Gasteiger partial charge in [0.15, 0.2) is 5.96 Å². The standard InChI is InChI=1S/C20H24N4O3.HI/c1-21-20(22-15-16-7-5-6-10-19(16)24(25)26)23-13-11-18(12-14-23)27-17-8-3-2-4-9-17;/h2-10,18H,11-15H2,1H3,(H,21,22);1H. The quantitative estimate of drug-likeness (QED) is 0.224. The van der Waals surface area contributed by atoms with Gasteiger partial charge in [0.1, 0.15) is 11.9 Å². The number of aliphatic imine (C=N–C) groups is 1. The Labute approximate surface area is 182 Å². The fourth-order valence-corrected chi connectivity index (χ4v) is 3.22. The zero-order chi connectivity index (χ0) is 19.1. The Kier molecular flexibility index (Phi) is 8.49. The molecule has 1 aliphatic heterocycles. The summed E-state index contributed by atoms with van der Waals surface area (Å²) in [4.78, 5) is 17.3. The average Bonchev–Trinajstić information content (AvgIpc) is 2.70. The van der Waals surface area contributed by atoms with Crippen LogP contribution in [0.4, 0.5) is 5.69 Å². The van der Waals surface area contributed by atoms with Gasteiger partial charge in [0.05, 0.1) is 4.92 Å². The van der Waals surface area contributed by atoms with E-state index < -0.39 is 0 Å². The number of rotatable bonds is 5. The first-order valence-corrected chi connectivity index (χ1v) is 9.07. The number of nitro benzene ring substituents is 1. The van der Waals surface area contributed by atoms with Crippen LogP contribution in [0.5, 0.6) is 5.75 Å². The molecule has 0 atom stereocenters. The maximum absolute atomic E-state index is 11.1. The van der Waals surface area contributed by atoms with E-state index in [1.165, 1.54) is 6.07 Å². The third-order valence-electron chi connectivity index (χ3n) is 4.62. The van der Waals surface area contributed by atoms with Gasteiger partial charge < -0.3 is 15.0 Å². The SMILES string of the molecule is CN=C(NCc1ccccc1[N+](=O)[O-])N1CCC(Oc2ccccc2)CC1.I. The predicted molar refractivity (Wildman–Crippen MR) is 120 cm³/mol. The number of para-hydroxylation sites is 2. The lowest BCUT2D eigenvalue weighted by atomic mass is 10.1. The normalized spacial score (nSPS) is 14.9. The Balaban J connectivity index is 0.00000280. The number of nitrogens with zero attached hydrogens (tertiary/aromatic N) is 3. The maximum Gasteiger partial charge on any atom is 0.274 e. The van der Waals surface area contributed by atoms with Crippen molar-refractivity contribution in [3.8, 4) is 5.75 Å². The second kappa shape index (κ2) is 10.8. The number of halogens is 1. The zero-order valence-corrected chi connectivity index (χ0v) is 18.1. The molecular weight excluding hydrogens is 471 g/mol. The topological polar surface area (TPSA) is 80.0 Å². The summed E-state index contributed by atoms with van der Waals surface area (Å²) >= 11 is 0. The van der Waals surface area contributed by atoms with Crippen molar-refractivity contribution in [3.05, 3.63) is 70.3 Å². The van der Waals surface area contributed by atoms with Gasteiger partial charge in [0.2, 0.25) is 0 Å². The van der Waals surface area contributed by atoms with Crippen molar-refractivity contribution in [3.63, 3.8) is 0 Å². The molecule has 0 bridgehead atoms. The van der Waals surface area contributed by atoms with Crippen LogP contribution in [0.15, 0.2) is 59.6 Å². The largest absolute Gasteiger partial charge is 0.490 e. The van der Waals surface area contributed by atoms with Crippen LogP contribution in [0.3, 0.4) is 0 Å². The highest BCUT2D eigenvalue weighted by atomic mass is 127. The first-order chi connectivity index (χ1) is 13.2. The molecule has 1 fully saturated rings. The summed E-state index contributed by atoms with van der Waals surface area (Å²) in [5.41, 5.74) is 0.765. The van der Waals surface area contributed by atoms with Gasteiger partial charge in [-0.3, -0.25) is 15.1 Å². The van der Waals surface area contributed by atoms with Gasteiger partial charge >= 0.3 is 0 Å². The van der Waals surface area contributed by atoms with Crippen molar-refractivity contribution < 1.29 is 9.66 Å². The van der Waals surface area contributed by atoms with Crippen LogP contribution < -0.4 is 10.1 Å². The fourth-order valence-electron chi connectivity index (χ4n) is 3.22. The number of benzene rings is 2. The van der Waals surface area contributed by atoms with Crippen molar-refractivity contribution in [2.75, 3.05) is 20.1 Å². The number of guanidine groups is 1. The molecule has 0 radical (unpaired) electrons. The summed E-state index contributed by atoms with van der Waals surface area (Å²) in [5.74, 6) is 1.65. The number of hydrogen-bond donors (Lipinski definition) is 1. The van der Waals surface area contributed by atoms with Crippen LogP contribution in [0, 0.1) is 10.1 Å². The smallest absolute Gasteiger partial charge is 0.274 e. The van der Waals surface area contributed by atoms with Gasteiger partial charge in [0, 0.05) is 51.2 Å². The number of piperidine rings is 1. The van der Waals surface area contributed by atoms with Crippen LogP contribution >= 0.6 is 24.0 Å². The Morgan fingerprint density at radius 2 is 1.82 bits per heavy atom. The summed E-state index contributed by atoms with van der Waals surface area (Å²) in [6.45, 7) is 2.02. The van der Waals surface area contributed by atoms with Gasteiger partial charge in [0.25, 0.3) is 5.69 Å². The van der Waals surface area contributed by atoms with E-state index in [9.17, 15) is 10.1 Å². The number of ether oxygens (including phenoxy) is 1. The van der Waals surface area contributed by atoms with E-state index in [1.807, 2.05) is 30.3 Å². The molecule has 28 heavy (non-hydrogen) atoms. The molecular formula is C20H25IN4O3. The third kappa shape index (κ3) is 5.82. The minimum Gasteiger partial charge on any atom is -0.490 e. The molecule has 8 heteroatoms. The molecule has 7 nitrogen and oxygen atoms in total. The third-order valence-corrected chi connectivity index (χ3v) is 4.62. The molecule has 2 aromatic rings. The molecule has 0 amide bonds. The van der Waals surface area contributed by atoms with E-state index >= 15 is 0 Å². The summed E-state index contributed by atoms with van der Waals surface area (Å²) < 4.78 is 6.03. The molecule has 0 aliphatic carbocycles. The Bertz CT molecular complexity index is 793. The minimum atomic E-state index is -0.355. The summed E-state index contributed by atoms with van der Waals surface area (Å²) in [5, 5.41) is 14.4. The summed E-state index contributed by atoms with van der Waals surface area (Å²) in [7, 11) is 1.73. The average molecular weight is 496 g/mol. The molecule has 1 heterocycles. The maximum atomic E-state index is 11.1. The first-order valence-electron chi connectivity index (χ1n) is 9.07. The van der Waals surface area contributed by atoms with E-state index in [1.54, 1.807) is 25.2 Å². The van der Waals surface area contributed by atoms with Crippen molar-refractivity contribution in [2.24, 2.45) is 4.99 Å². The summed E-state index contributed by atoms with van der Waals surface area (Å²) in [6, 6.07) is 16.6. The first kappa shape index (κ1) is 21.9. The molecule has 2 aromatic carbocycles. The fraction of sp³-hybridized carbons (Fsp3) is 0.350. The van der Waals surface area contributed by atoms with Crippen molar-refractivity contribution >= 4 is 35.6 Å². The zero-order valence-electron chi connectivity index (χ0n) is 15.8. The summed E-state index contributed by atoms with van der Waals surface area (Å²) in [6.07, 6.45) is 2.00. The van der Waals surface area contributed by atoms with Crippen LogP contribution in [-0.2, 0) is 6.54 Å². The Morgan fingerprint density at radius 3 is 2.46 bits per heavy atom. The predicted octanol–water partition coefficient (Wildman–Crippen LogP) is 3.83. The Hall–Kier alpha value is -2.36. The number of nitrogens with one attached hydrogen (secondary N) is 1. The molecule has 0 unspecified atom stereocenters. The van der Waals surface area contributed by atoms with Crippen LogP contribution in [0.1, 0.15) is 18.4 Å². The van der Waals surface area contributed by atoms with Crippen molar-refractivity contribution in [2.45, 2.75) is 25.5 Å². The van der Waals surface area contributed by atoms with Gasteiger partial charge in [-0.1, -0.05) is 36.4 Å². The monoisotopic (exact) mass is 496 g/mol. The highest BCUT2D eigenvalue weighted by Gasteiger charge is 2.23. The van der Waals surface area contributed by atoms with E-state index in [2.05, 4.69) is 15.2 Å².